The Hall–Kier alpha value is 0.0739. The zero-order valence-corrected chi connectivity index (χ0v) is 20.0. The minimum absolute atomic E-state index is 0. The molecule has 149 valence electrons. The van der Waals surface area contributed by atoms with Gasteiger partial charge in [-0.2, -0.15) is 6.42 Å². The van der Waals surface area contributed by atoms with Crippen LogP contribution in [0.3, 0.4) is 0 Å². The minimum Gasteiger partial charge on any atom is -0.493 e. The van der Waals surface area contributed by atoms with Crippen LogP contribution in [0, 0.1) is 24.7 Å². The van der Waals surface area contributed by atoms with Crippen LogP contribution in [0.25, 0.3) is 0 Å². The third-order valence-corrected chi connectivity index (χ3v) is 5.70. The fraction of sp³-hybridized carbons (Fsp3) is 0.591. The van der Waals surface area contributed by atoms with E-state index in [9.17, 15) is 10.2 Å². The summed E-state index contributed by atoms with van der Waals surface area (Å²) in [5, 5.41) is 20.6. The molecule has 0 aliphatic heterocycles. The average Bonchev–Trinajstić information content (AvgIpc) is 2.89. The Balaban J connectivity index is 0.00000364. The van der Waals surface area contributed by atoms with Crippen LogP contribution in [-0.4, -0.2) is 28.3 Å². The van der Waals surface area contributed by atoms with Gasteiger partial charge in [0.25, 0.3) is 0 Å². The molecule has 5 atom stereocenters. The topological polar surface area (TPSA) is 49.7 Å². The molecule has 1 aliphatic rings. The Morgan fingerprint density at radius 3 is 2.70 bits per heavy atom. The number of halogens is 1. The minimum atomic E-state index is -0.506. The SMILES string of the molecule is [CH2-]CC/C=C\C[C@@H]1[C@@H](COc2cccc(C(O)C(C)C)c2)[C@H](O)C[C@H]1Cl.[Y]. The molecule has 1 radical (unpaired) electrons. The van der Waals surface area contributed by atoms with Crippen molar-refractivity contribution in [3.63, 3.8) is 0 Å². The Kier molecular flexibility index (Phi) is 11.7. The van der Waals surface area contributed by atoms with Crippen molar-refractivity contribution >= 4 is 11.6 Å². The van der Waals surface area contributed by atoms with E-state index in [1.807, 2.05) is 38.1 Å². The number of aliphatic hydroxyl groups excluding tert-OH is 2. The maximum Gasteiger partial charge on any atom is 0.119 e. The van der Waals surface area contributed by atoms with Crippen molar-refractivity contribution in [1.82, 2.24) is 0 Å². The Morgan fingerprint density at radius 1 is 1.30 bits per heavy atom. The number of allylic oxidation sites excluding steroid dienone is 2. The monoisotopic (exact) mass is 468 g/mol. The van der Waals surface area contributed by atoms with Crippen molar-refractivity contribution in [3.8, 4) is 5.75 Å². The van der Waals surface area contributed by atoms with Crippen molar-refractivity contribution in [2.75, 3.05) is 6.61 Å². The van der Waals surface area contributed by atoms with Gasteiger partial charge in [0, 0.05) is 44.0 Å². The van der Waals surface area contributed by atoms with Gasteiger partial charge in [0.05, 0.1) is 18.8 Å². The Labute approximate surface area is 194 Å². The number of alkyl halides is 1. The van der Waals surface area contributed by atoms with E-state index >= 15 is 0 Å². The van der Waals surface area contributed by atoms with Crippen LogP contribution < -0.4 is 4.74 Å². The second-order valence-corrected chi connectivity index (χ2v) is 8.13. The average molecular weight is 469 g/mol. The molecule has 1 fully saturated rings. The van der Waals surface area contributed by atoms with Crippen LogP contribution in [0.2, 0.25) is 0 Å². The summed E-state index contributed by atoms with van der Waals surface area (Å²) in [6, 6.07) is 7.57. The molecule has 0 spiro atoms. The van der Waals surface area contributed by atoms with Crippen LogP contribution in [0.1, 0.15) is 51.2 Å². The molecule has 0 heterocycles. The summed E-state index contributed by atoms with van der Waals surface area (Å²) in [5.74, 6) is 1.09. The predicted molar refractivity (Wildman–Crippen MR) is 107 cm³/mol. The van der Waals surface area contributed by atoms with Gasteiger partial charge in [-0.15, -0.1) is 11.6 Å². The molecule has 1 aromatic rings. The summed E-state index contributed by atoms with van der Waals surface area (Å²) in [7, 11) is 0. The number of hydrogen-bond donors (Lipinski definition) is 2. The standard InChI is InChI=1S/C22H32ClO3.Y/c1-4-5-6-7-11-18-19(21(24)13-20(18)23)14-26-17-10-8-9-16(12-17)22(25)15(2)3;/h6-10,12,15,18-22,24-25H,1,4-5,11,13-14H2,2-3H3;/q-1;/b7-6-;/t18-,19-,20-,21-,22?;/m1./s1. The molecule has 1 saturated carbocycles. The quantitative estimate of drug-likeness (QED) is 0.307. The number of unbranched alkanes of at least 4 members (excludes halogenated alkanes) is 1. The van der Waals surface area contributed by atoms with Crippen LogP contribution >= 0.6 is 11.6 Å². The van der Waals surface area contributed by atoms with Crippen LogP contribution in [0.15, 0.2) is 36.4 Å². The summed E-state index contributed by atoms with van der Waals surface area (Å²) >= 11 is 6.47. The molecule has 0 amide bonds. The second kappa shape index (κ2) is 12.6. The Bertz CT molecular complexity index is 578. The molecule has 1 aromatic carbocycles. The molecule has 3 nitrogen and oxygen atoms in total. The molecule has 0 aromatic heterocycles. The van der Waals surface area contributed by atoms with Gasteiger partial charge in [-0.05, 0) is 42.4 Å². The molecule has 2 N–H and O–H groups in total. The smallest absolute Gasteiger partial charge is 0.119 e. The molecule has 2 rings (SSSR count). The van der Waals surface area contributed by atoms with Crippen molar-refractivity contribution in [2.24, 2.45) is 17.8 Å². The fourth-order valence-corrected chi connectivity index (χ4v) is 4.02. The van der Waals surface area contributed by atoms with E-state index < -0.39 is 12.2 Å². The van der Waals surface area contributed by atoms with Crippen molar-refractivity contribution in [3.05, 3.63) is 48.9 Å². The first-order valence-corrected chi connectivity index (χ1v) is 10.0. The van der Waals surface area contributed by atoms with E-state index in [2.05, 4.69) is 19.1 Å². The van der Waals surface area contributed by atoms with Crippen molar-refractivity contribution in [2.45, 2.75) is 57.1 Å². The van der Waals surface area contributed by atoms with Crippen LogP contribution in [-0.2, 0) is 32.7 Å². The van der Waals surface area contributed by atoms with Crippen molar-refractivity contribution < 1.29 is 47.7 Å². The first kappa shape index (κ1) is 25.1. The third kappa shape index (κ3) is 7.44. The number of aliphatic hydroxyl groups is 2. The van der Waals surface area contributed by atoms with E-state index in [1.165, 1.54) is 0 Å². The van der Waals surface area contributed by atoms with E-state index in [-0.39, 0.29) is 55.8 Å². The summed E-state index contributed by atoms with van der Waals surface area (Å²) in [4.78, 5) is 0. The molecule has 27 heavy (non-hydrogen) atoms. The van der Waals surface area contributed by atoms with Gasteiger partial charge in [-0.3, -0.25) is 0 Å². The largest absolute Gasteiger partial charge is 0.493 e. The van der Waals surface area contributed by atoms with Crippen LogP contribution in [0.4, 0.5) is 0 Å². The Morgan fingerprint density at radius 2 is 2.04 bits per heavy atom. The maximum absolute atomic E-state index is 10.4. The normalized spacial score (nSPS) is 26.3. The summed E-state index contributed by atoms with van der Waals surface area (Å²) in [6.07, 6.45) is 6.65. The van der Waals surface area contributed by atoms with Crippen LogP contribution in [0.5, 0.6) is 5.75 Å². The van der Waals surface area contributed by atoms with E-state index in [4.69, 9.17) is 16.3 Å². The van der Waals surface area contributed by atoms with Gasteiger partial charge in [0.15, 0.2) is 0 Å². The zero-order valence-electron chi connectivity index (χ0n) is 16.4. The first-order valence-electron chi connectivity index (χ1n) is 9.61. The first-order chi connectivity index (χ1) is 12.4. The molecule has 5 heteroatoms. The van der Waals surface area contributed by atoms with Gasteiger partial charge < -0.3 is 21.9 Å². The molecule has 1 unspecified atom stereocenters. The number of benzene rings is 1. The third-order valence-electron chi connectivity index (χ3n) is 5.19. The van der Waals surface area contributed by atoms with E-state index in [0.29, 0.717) is 13.0 Å². The van der Waals surface area contributed by atoms with Gasteiger partial charge in [0.2, 0.25) is 0 Å². The van der Waals surface area contributed by atoms with Crippen molar-refractivity contribution in [1.29, 1.82) is 0 Å². The van der Waals surface area contributed by atoms with Gasteiger partial charge in [-0.25, -0.2) is 0 Å². The second-order valence-electron chi connectivity index (χ2n) is 7.57. The van der Waals surface area contributed by atoms with Gasteiger partial charge in [-0.1, -0.05) is 44.6 Å². The maximum atomic E-state index is 10.4. The van der Waals surface area contributed by atoms with Gasteiger partial charge in [0.1, 0.15) is 5.75 Å². The molecule has 1 aliphatic carbocycles. The number of hydrogen-bond acceptors (Lipinski definition) is 3. The number of ether oxygens (including phenoxy) is 1. The molecular formula is C22H32ClO3Y-. The fourth-order valence-electron chi connectivity index (χ4n) is 3.55. The summed E-state index contributed by atoms with van der Waals surface area (Å²) < 4.78 is 5.97. The molecule has 0 bridgehead atoms. The van der Waals surface area contributed by atoms with Gasteiger partial charge >= 0.3 is 0 Å². The summed E-state index contributed by atoms with van der Waals surface area (Å²) in [6.45, 7) is 8.24. The van der Waals surface area contributed by atoms with E-state index in [0.717, 1.165) is 30.6 Å². The zero-order chi connectivity index (χ0) is 19.1. The van der Waals surface area contributed by atoms with E-state index in [1.54, 1.807) is 0 Å². The predicted octanol–water partition coefficient (Wildman–Crippen LogP) is 4.92. The molecular weight excluding hydrogens is 437 g/mol. The molecule has 0 saturated heterocycles. The summed E-state index contributed by atoms with van der Waals surface area (Å²) in [5.41, 5.74) is 0.854. The number of rotatable bonds is 9.